The fourth-order valence-corrected chi connectivity index (χ4v) is 3.16. The van der Waals surface area contributed by atoms with Crippen molar-refractivity contribution in [2.45, 2.75) is 65.2 Å². The highest BCUT2D eigenvalue weighted by atomic mass is 35.5. The maximum absolute atomic E-state index is 12.9. The van der Waals surface area contributed by atoms with Gasteiger partial charge in [-0.1, -0.05) is 11.6 Å². The molecule has 0 N–H and O–H groups in total. The Balaban J connectivity index is 2.52. The van der Waals surface area contributed by atoms with E-state index in [1.54, 1.807) is 47.6 Å². The molecule has 0 aromatic carbocycles. The van der Waals surface area contributed by atoms with Crippen molar-refractivity contribution in [3.05, 3.63) is 28.5 Å². The number of rotatable bonds is 2. The van der Waals surface area contributed by atoms with Gasteiger partial charge in [0.2, 0.25) is 0 Å². The van der Waals surface area contributed by atoms with Crippen LogP contribution in [0.1, 0.15) is 58.7 Å². The maximum Gasteiger partial charge on any atom is 0.420 e. The van der Waals surface area contributed by atoms with Crippen LogP contribution >= 0.6 is 11.6 Å². The Morgan fingerprint density at radius 1 is 1.15 bits per heavy atom. The molecule has 1 aromatic heterocycles. The SMILES string of the molecule is CC(C)(C)OC(=O)N(C(=O)OC(C)(C)C)[C@@H]1c2ccnc(Cl)c2C[C@H]1C=O. The van der Waals surface area contributed by atoms with Gasteiger partial charge in [0.1, 0.15) is 22.6 Å². The lowest BCUT2D eigenvalue weighted by Crippen LogP contribution is -2.46. The molecule has 2 atom stereocenters. The van der Waals surface area contributed by atoms with E-state index in [0.717, 1.165) is 4.90 Å². The van der Waals surface area contributed by atoms with Crippen LogP contribution < -0.4 is 0 Å². The van der Waals surface area contributed by atoms with Gasteiger partial charge in [-0.2, -0.15) is 0 Å². The highest BCUT2D eigenvalue weighted by Gasteiger charge is 2.45. The van der Waals surface area contributed by atoms with E-state index >= 15 is 0 Å². The molecule has 2 amide bonds. The lowest BCUT2D eigenvalue weighted by atomic mass is 10.0. The van der Waals surface area contributed by atoms with E-state index in [2.05, 4.69) is 4.98 Å². The lowest BCUT2D eigenvalue weighted by molar-refractivity contribution is -0.112. The van der Waals surface area contributed by atoms with Crippen LogP contribution in [-0.4, -0.2) is 39.6 Å². The van der Waals surface area contributed by atoms with Gasteiger partial charge in [0.05, 0.1) is 6.04 Å². The minimum absolute atomic E-state index is 0.246. The summed E-state index contributed by atoms with van der Waals surface area (Å²) < 4.78 is 10.8. The van der Waals surface area contributed by atoms with Crippen LogP contribution in [0.3, 0.4) is 0 Å². The Hall–Kier alpha value is -2.15. The highest BCUT2D eigenvalue weighted by Crippen LogP contribution is 2.42. The van der Waals surface area contributed by atoms with Crippen LogP contribution in [-0.2, 0) is 20.7 Å². The molecular weight excluding hydrogens is 372 g/mol. The Labute approximate surface area is 164 Å². The summed E-state index contributed by atoms with van der Waals surface area (Å²) in [6.07, 6.45) is 0.703. The number of carbonyl (C=O) groups is 3. The molecule has 7 nitrogen and oxygen atoms in total. The van der Waals surface area contributed by atoms with E-state index in [1.165, 1.54) is 6.20 Å². The Morgan fingerprint density at radius 3 is 2.11 bits per heavy atom. The summed E-state index contributed by atoms with van der Waals surface area (Å²) >= 11 is 6.16. The van der Waals surface area contributed by atoms with Gasteiger partial charge in [-0.25, -0.2) is 19.5 Å². The molecule has 0 radical (unpaired) electrons. The zero-order valence-corrected chi connectivity index (χ0v) is 17.2. The molecule has 1 aliphatic carbocycles. The van der Waals surface area contributed by atoms with Crippen molar-refractivity contribution in [1.82, 2.24) is 9.88 Å². The van der Waals surface area contributed by atoms with Crippen molar-refractivity contribution >= 4 is 30.1 Å². The van der Waals surface area contributed by atoms with Gasteiger partial charge < -0.3 is 14.3 Å². The van der Waals surface area contributed by atoms with E-state index in [0.29, 0.717) is 17.4 Å². The van der Waals surface area contributed by atoms with Crippen LogP contribution in [0.4, 0.5) is 9.59 Å². The molecule has 148 valence electrons. The molecule has 0 aliphatic heterocycles. The summed E-state index contributed by atoms with van der Waals surface area (Å²) in [4.78, 5) is 42.4. The summed E-state index contributed by atoms with van der Waals surface area (Å²) in [5, 5.41) is 0.246. The average Bonchev–Trinajstić information content (AvgIpc) is 2.84. The lowest BCUT2D eigenvalue weighted by Gasteiger charge is -2.33. The summed E-state index contributed by atoms with van der Waals surface area (Å²) in [5.74, 6) is -0.665. The largest absolute Gasteiger partial charge is 0.443 e. The first-order chi connectivity index (χ1) is 12.3. The first kappa shape index (κ1) is 21.2. The van der Waals surface area contributed by atoms with Gasteiger partial charge in [0.25, 0.3) is 0 Å². The van der Waals surface area contributed by atoms with E-state index < -0.39 is 35.3 Å². The van der Waals surface area contributed by atoms with Gasteiger partial charge in [-0.3, -0.25) is 0 Å². The first-order valence-corrected chi connectivity index (χ1v) is 9.05. The highest BCUT2D eigenvalue weighted by molar-refractivity contribution is 6.30. The normalized spacial score (nSPS) is 19.2. The van der Waals surface area contributed by atoms with Crippen LogP contribution in [0.2, 0.25) is 5.15 Å². The number of imide groups is 1. The number of amides is 2. The maximum atomic E-state index is 12.9. The zero-order chi connectivity index (χ0) is 20.6. The molecule has 2 rings (SSSR count). The van der Waals surface area contributed by atoms with E-state index in [-0.39, 0.29) is 11.6 Å². The fraction of sp³-hybridized carbons (Fsp3) is 0.579. The Kier molecular flexibility index (Phi) is 5.85. The zero-order valence-electron chi connectivity index (χ0n) is 16.4. The molecule has 1 heterocycles. The van der Waals surface area contributed by atoms with Gasteiger partial charge in [0, 0.05) is 12.1 Å². The van der Waals surface area contributed by atoms with Crippen molar-refractivity contribution in [2.75, 3.05) is 0 Å². The number of halogens is 1. The molecule has 0 saturated heterocycles. The average molecular weight is 397 g/mol. The molecule has 0 unspecified atom stereocenters. The summed E-state index contributed by atoms with van der Waals surface area (Å²) in [6, 6.07) is 0.777. The number of carbonyl (C=O) groups excluding carboxylic acids is 3. The second kappa shape index (κ2) is 7.46. The van der Waals surface area contributed by atoms with Crippen molar-refractivity contribution in [3.63, 3.8) is 0 Å². The number of pyridine rings is 1. The fourth-order valence-electron chi connectivity index (χ4n) is 2.91. The molecular formula is C19H25ClN2O5. The van der Waals surface area contributed by atoms with E-state index in [4.69, 9.17) is 21.1 Å². The Bertz CT molecular complexity index is 723. The number of hydrogen-bond donors (Lipinski definition) is 0. The molecule has 0 fully saturated rings. The predicted molar refractivity (Wildman–Crippen MR) is 99.6 cm³/mol. The van der Waals surface area contributed by atoms with E-state index in [1.807, 2.05) is 0 Å². The minimum Gasteiger partial charge on any atom is -0.443 e. The van der Waals surface area contributed by atoms with Gasteiger partial charge in [0.15, 0.2) is 0 Å². The summed E-state index contributed by atoms with van der Waals surface area (Å²) in [6.45, 7) is 10.2. The van der Waals surface area contributed by atoms with Crippen molar-refractivity contribution in [2.24, 2.45) is 5.92 Å². The molecule has 0 saturated carbocycles. The molecule has 0 spiro atoms. The standard InChI is InChI=1S/C19H25ClN2O5/c1-18(2,3)26-16(24)22(17(25)27-19(4,5)6)14-11(10-23)9-13-12(14)7-8-21-15(13)20/h7-8,10-11,14H,9H2,1-6H3/t11-,14-/m0/s1. The number of hydrogen-bond acceptors (Lipinski definition) is 6. The number of fused-ring (bicyclic) bond motifs is 1. The third kappa shape index (κ3) is 4.97. The molecule has 1 aliphatic rings. The summed E-state index contributed by atoms with van der Waals surface area (Å²) in [7, 11) is 0. The number of aldehydes is 1. The van der Waals surface area contributed by atoms with Crippen molar-refractivity contribution in [3.8, 4) is 0 Å². The second-order valence-electron chi connectivity index (χ2n) is 8.45. The van der Waals surface area contributed by atoms with Gasteiger partial charge in [-0.05, 0) is 65.2 Å². The Morgan fingerprint density at radius 2 is 1.67 bits per heavy atom. The summed E-state index contributed by atoms with van der Waals surface area (Å²) in [5.41, 5.74) is -0.432. The van der Waals surface area contributed by atoms with Crippen LogP contribution in [0.25, 0.3) is 0 Å². The quantitative estimate of drug-likeness (QED) is 0.546. The third-order valence-electron chi connectivity index (χ3n) is 3.84. The van der Waals surface area contributed by atoms with Crippen molar-refractivity contribution in [1.29, 1.82) is 0 Å². The molecule has 27 heavy (non-hydrogen) atoms. The van der Waals surface area contributed by atoms with Crippen LogP contribution in [0, 0.1) is 5.92 Å². The predicted octanol–water partition coefficient (Wildman–Crippen LogP) is 4.32. The van der Waals surface area contributed by atoms with Crippen molar-refractivity contribution < 1.29 is 23.9 Å². The molecule has 8 heteroatoms. The monoisotopic (exact) mass is 396 g/mol. The number of ether oxygens (including phenoxy) is 2. The molecule has 1 aromatic rings. The minimum atomic E-state index is -0.880. The smallest absolute Gasteiger partial charge is 0.420 e. The second-order valence-corrected chi connectivity index (χ2v) is 8.81. The molecule has 0 bridgehead atoms. The number of aromatic nitrogens is 1. The van der Waals surface area contributed by atoms with Gasteiger partial charge >= 0.3 is 12.2 Å². The first-order valence-electron chi connectivity index (χ1n) is 8.68. The third-order valence-corrected chi connectivity index (χ3v) is 4.16. The number of nitrogens with zero attached hydrogens (tertiary/aromatic N) is 2. The van der Waals surface area contributed by atoms with Crippen LogP contribution in [0.5, 0.6) is 0 Å². The van der Waals surface area contributed by atoms with Crippen LogP contribution in [0.15, 0.2) is 12.3 Å². The van der Waals surface area contributed by atoms with E-state index in [9.17, 15) is 14.4 Å². The van der Waals surface area contributed by atoms with Gasteiger partial charge in [-0.15, -0.1) is 0 Å². The topological polar surface area (TPSA) is 85.8 Å².